The van der Waals surface area contributed by atoms with Crippen LogP contribution in [0, 0.1) is 6.92 Å². The number of nitrogens with one attached hydrogen (secondary N) is 1. The van der Waals surface area contributed by atoms with E-state index in [9.17, 15) is 18.0 Å². The molecule has 3 rings (SSSR count). The summed E-state index contributed by atoms with van der Waals surface area (Å²) in [4.78, 5) is 28.9. The molecule has 3 aromatic rings. The highest BCUT2D eigenvalue weighted by molar-refractivity contribution is 7.92. The van der Waals surface area contributed by atoms with E-state index >= 15 is 0 Å². The van der Waals surface area contributed by atoms with Gasteiger partial charge in [0.1, 0.15) is 12.6 Å². The molecule has 0 bridgehead atoms. The first-order valence-electron chi connectivity index (χ1n) is 14.1. The van der Waals surface area contributed by atoms with Crippen molar-refractivity contribution in [2.24, 2.45) is 0 Å². The Morgan fingerprint density at radius 3 is 2.10 bits per heavy atom. The quantitative estimate of drug-likeness (QED) is 0.221. The van der Waals surface area contributed by atoms with Crippen molar-refractivity contribution in [2.75, 3.05) is 17.4 Å². The summed E-state index contributed by atoms with van der Waals surface area (Å²) < 4.78 is 29.2. The standard InChI is InChI=1S/C32H39Cl2N3O4S/c1-6-18-35-32(39)30(7-2)36(20-24-10-17-28(33)29(34)19-24)31(38)21-37(26-13-11-25(12-14-26)22(3)4)42(40,41)27-15-8-23(5)9-16-27/h8-17,19,22,30H,6-7,18,20-21H2,1-5H3,(H,35,39)/t30-/m0/s1. The van der Waals surface area contributed by atoms with E-state index in [0.717, 1.165) is 21.9 Å². The summed E-state index contributed by atoms with van der Waals surface area (Å²) in [7, 11) is -4.14. The molecule has 42 heavy (non-hydrogen) atoms. The minimum atomic E-state index is -4.14. The van der Waals surface area contributed by atoms with Gasteiger partial charge in [-0.3, -0.25) is 13.9 Å². The van der Waals surface area contributed by atoms with Crippen LogP contribution in [0.25, 0.3) is 0 Å². The first-order chi connectivity index (χ1) is 19.9. The number of anilines is 1. The second-order valence-corrected chi connectivity index (χ2v) is 13.2. The van der Waals surface area contributed by atoms with E-state index in [2.05, 4.69) is 19.2 Å². The van der Waals surface area contributed by atoms with Crippen LogP contribution in [0.4, 0.5) is 5.69 Å². The Bertz CT molecular complexity index is 1480. The Kier molecular flexibility index (Phi) is 11.9. The second-order valence-electron chi connectivity index (χ2n) is 10.6. The number of sulfonamides is 1. The molecule has 0 heterocycles. The Hall–Kier alpha value is -3.07. The van der Waals surface area contributed by atoms with E-state index in [1.807, 2.05) is 32.9 Å². The van der Waals surface area contributed by atoms with Crippen LogP contribution in [0.15, 0.2) is 71.6 Å². The van der Waals surface area contributed by atoms with Crippen molar-refractivity contribution in [3.63, 3.8) is 0 Å². The molecule has 0 radical (unpaired) electrons. The van der Waals surface area contributed by atoms with Gasteiger partial charge in [0.05, 0.1) is 20.6 Å². The van der Waals surface area contributed by atoms with Gasteiger partial charge in [-0.15, -0.1) is 0 Å². The third kappa shape index (κ3) is 8.27. The van der Waals surface area contributed by atoms with E-state index in [1.54, 1.807) is 42.5 Å². The number of amides is 2. The predicted molar refractivity (Wildman–Crippen MR) is 171 cm³/mol. The molecule has 0 saturated carbocycles. The zero-order valence-electron chi connectivity index (χ0n) is 24.7. The molecule has 0 unspecified atom stereocenters. The van der Waals surface area contributed by atoms with Crippen molar-refractivity contribution in [1.29, 1.82) is 0 Å². The predicted octanol–water partition coefficient (Wildman–Crippen LogP) is 6.95. The number of halogens is 2. The van der Waals surface area contributed by atoms with E-state index < -0.39 is 28.5 Å². The maximum Gasteiger partial charge on any atom is 0.264 e. The molecule has 0 fully saturated rings. The van der Waals surface area contributed by atoms with Crippen molar-refractivity contribution in [1.82, 2.24) is 10.2 Å². The van der Waals surface area contributed by atoms with Crippen LogP contribution in [0.3, 0.4) is 0 Å². The molecular formula is C32H39Cl2N3O4S. The summed E-state index contributed by atoms with van der Waals surface area (Å²) in [6.07, 6.45) is 1.06. The number of carbonyl (C=O) groups excluding carboxylic acids is 2. The van der Waals surface area contributed by atoms with Crippen LogP contribution in [0.5, 0.6) is 0 Å². The Balaban J connectivity index is 2.08. The first-order valence-corrected chi connectivity index (χ1v) is 16.3. The van der Waals surface area contributed by atoms with Gasteiger partial charge in [0.25, 0.3) is 10.0 Å². The smallest absolute Gasteiger partial charge is 0.264 e. The van der Waals surface area contributed by atoms with Crippen molar-refractivity contribution in [3.8, 4) is 0 Å². The van der Waals surface area contributed by atoms with Gasteiger partial charge in [-0.05, 0) is 73.2 Å². The van der Waals surface area contributed by atoms with Crippen molar-refractivity contribution in [2.45, 2.75) is 70.9 Å². The largest absolute Gasteiger partial charge is 0.354 e. The average molecular weight is 633 g/mol. The highest BCUT2D eigenvalue weighted by Crippen LogP contribution is 2.28. The zero-order chi connectivity index (χ0) is 31.0. The molecule has 10 heteroatoms. The number of carbonyl (C=O) groups is 2. The highest BCUT2D eigenvalue weighted by atomic mass is 35.5. The normalized spacial score (nSPS) is 12.2. The van der Waals surface area contributed by atoms with E-state index in [1.165, 1.54) is 17.0 Å². The molecule has 1 N–H and O–H groups in total. The third-order valence-corrected chi connectivity index (χ3v) is 9.53. The van der Waals surface area contributed by atoms with Crippen LogP contribution in [0.2, 0.25) is 10.0 Å². The lowest BCUT2D eigenvalue weighted by Gasteiger charge is -2.33. The minimum Gasteiger partial charge on any atom is -0.354 e. The summed E-state index contributed by atoms with van der Waals surface area (Å²) in [6, 6.07) is 17.8. The molecule has 0 spiro atoms. The Morgan fingerprint density at radius 2 is 1.55 bits per heavy atom. The Morgan fingerprint density at radius 1 is 0.905 bits per heavy atom. The fourth-order valence-electron chi connectivity index (χ4n) is 4.51. The lowest BCUT2D eigenvalue weighted by molar-refractivity contribution is -0.140. The molecule has 226 valence electrons. The van der Waals surface area contributed by atoms with Crippen LogP contribution < -0.4 is 9.62 Å². The summed E-state index contributed by atoms with van der Waals surface area (Å²) >= 11 is 12.4. The number of rotatable bonds is 13. The first kappa shape index (κ1) is 33.4. The van der Waals surface area contributed by atoms with Gasteiger partial charge in [-0.25, -0.2) is 8.42 Å². The van der Waals surface area contributed by atoms with Crippen molar-refractivity contribution in [3.05, 3.63) is 93.5 Å². The lowest BCUT2D eigenvalue weighted by atomic mass is 10.0. The number of aryl methyl sites for hydroxylation is 1. The number of hydrogen-bond donors (Lipinski definition) is 1. The van der Waals surface area contributed by atoms with Crippen LogP contribution in [-0.2, 0) is 26.2 Å². The fraction of sp³-hybridized carbons (Fsp3) is 0.375. The van der Waals surface area contributed by atoms with Crippen LogP contribution >= 0.6 is 23.2 Å². The van der Waals surface area contributed by atoms with Crippen molar-refractivity contribution >= 4 is 50.7 Å². The van der Waals surface area contributed by atoms with Gasteiger partial charge in [-0.1, -0.05) is 86.8 Å². The average Bonchev–Trinajstić information content (AvgIpc) is 2.96. The maximum atomic E-state index is 14.1. The molecule has 3 aromatic carbocycles. The topological polar surface area (TPSA) is 86.8 Å². The number of nitrogens with zero attached hydrogens (tertiary/aromatic N) is 2. The summed E-state index contributed by atoms with van der Waals surface area (Å²) in [5.74, 6) is -0.582. The SMILES string of the molecule is CCCNC(=O)[C@H](CC)N(Cc1ccc(Cl)c(Cl)c1)C(=O)CN(c1ccc(C(C)C)cc1)S(=O)(=O)c1ccc(C)cc1. The fourth-order valence-corrected chi connectivity index (χ4v) is 6.25. The zero-order valence-corrected chi connectivity index (χ0v) is 27.1. The molecule has 0 saturated heterocycles. The van der Waals surface area contributed by atoms with Gasteiger partial charge in [-0.2, -0.15) is 0 Å². The molecule has 2 amide bonds. The number of hydrogen-bond acceptors (Lipinski definition) is 4. The van der Waals surface area contributed by atoms with Gasteiger partial charge in [0, 0.05) is 13.1 Å². The molecule has 0 aromatic heterocycles. The highest BCUT2D eigenvalue weighted by Gasteiger charge is 2.33. The third-order valence-electron chi connectivity index (χ3n) is 7.01. The van der Waals surface area contributed by atoms with Crippen molar-refractivity contribution < 1.29 is 18.0 Å². The van der Waals surface area contributed by atoms with Gasteiger partial charge in [0.15, 0.2) is 0 Å². The molecule has 7 nitrogen and oxygen atoms in total. The lowest BCUT2D eigenvalue weighted by Crippen LogP contribution is -2.52. The second kappa shape index (κ2) is 14.9. The van der Waals surface area contributed by atoms with Gasteiger partial charge < -0.3 is 10.2 Å². The summed E-state index contributed by atoms with van der Waals surface area (Å²) in [5, 5.41) is 3.56. The molecule has 0 aliphatic heterocycles. The number of benzene rings is 3. The van der Waals surface area contributed by atoms with Gasteiger partial charge in [0.2, 0.25) is 11.8 Å². The maximum absolute atomic E-state index is 14.1. The van der Waals surface area contributed by atoms with E-state index in [0.29, 0.717) is 34.3 Å². The summed E-state index contributed by atoms with van der Waals surface area (Å²) in [5.41, 5.74) is 2.97. The molecular weight excluding hydrogens is 593 g/mol. The van der Waals surface area contributed by atoms with E-state index in [-0.39, 0.29) is 23.3 Å². The molecule has 1 atom stereocenters. The monoisotopic (exact) mass is 631 g/mol. The van der Waals surface area contributed by atoms with Gasteiger partial charge >= 0.3 is 0 Å². The summed E-state index contributed by atoms with van der Waals surface area (Å²) in [6.45, 7) is 9.73. The molecule has 0 aliphatic rings. The molecule has 0 aliphatic carbocycles. The minimum absolute atomic E-state index is 0.0402. The van der Waals surface area contributed by atoms with Crippen LogP contribution in [-0.4, -0.2) is 44.3 Å². The van der Waals surface area contributed by atoms with Crippen LogP contribution in [0.1, 0.15) is 63.1 Å². The Labute approximate surface area is 259 Å². The van der Waals surface area contributed by atoms with E-state index in [4.69, 9.17) is 23.2 Å².